The zero-order valence-corrected chi connectivity index (χ0v) is 12.1. The molecule has 1 heterocycles. The van der Waals surface area contributed by atoms with E-state index < -0.39 is 37.3 Å². The molecule has 4 N–H and O–H groups in total. The lowest BCUT2D eigenvalue weighted by molar-refractivity contribution is -0.181. The first kappa shape index (κ1) is 17.8. The van der Waals surface area contributed by atoms with Gasteiger partial charge in [-0.1, -0.05) is 39.0 Å². The normalized spacial score (nSPS) is 31.6. The highest BCUT2D eigenvalue weighted by molar-refractivity contribution is 4.90. The molecule has 6 heteroatoms. The minimum atomic E-state index is -1.24. The summed E-state index contributed by atoms with van der Waals surface area (Å²) >= 11 is 0. The molecule has 1 aliphatic heterocycles. The Kier molecular flexibility index (Phi) is 8.60. The first-order chi connectivity index (χ1) is 9.61. The summed E-state index contributed by atoms with van der Waals surface area (Å²) in [7, 11) is 0. The van der Waals surface area contributed by atoms with Crippen LogP contribution in [-0.4, -0.2) is 64.3 Å². The predicted octanol–water partition coefficient (Wildman–Crippen LogP) is 0.163. The number of rotatable bonds is 10. The molecule has 0 aromatic carbocycles. The topological polar surface area (TPSA) is 99.4 Å². The molecule has 0 spiro atoms. The van der Waals surface area contributed by atoms with E-state index in [1.807, 2.05) is 0 Å². The zero-order chi connectivity index (χ0) is 15.0. The summed E-state index contributed by atoms with van der Waals surface area (Å²) in [6.07, 6.45) is 1.19. The predicted molar refractivity (Wildman–Crippen MR) is 73.1 cm³/mol. The lowest BCUT2D eigenvalue weighted by Crippen LogP contribution is -2.40. The van der Waals surface area contributed by atoms with Gasteiger partial charge in [0.25, 0.3) is 0 Å². The van der Waals surface area contributed by atoms with E-state index in [1.165, 1.54) is 25.7 Å². The summed E-state index contributed by atoms with van der Waals surface area (Å²) in [5.74, 6) is 0. The second-order valence-electron chi connectivity index (χ2n) is 5.34. The maximum absolute atomic E-state index is 9.75. The van der Waals surface area contributed by atoms with Crippen LogP contribution in [0.2, 0.25) is 0 Å². The van der Waals surface area contributed by atoms with E-state index in [-0.39, 0.29) is 0 Å². The molecule has 1 saturated heterocycles. The van der Waals surface area contributed by atoms with Crippen molar-refractivity contribution in [2.75, 3.05) is 13.2 Å². The summed E-state index contributed by atoms with van der Waals surface area (Å²) in [4.78, 5) is 0. The van der Waals surface area contributed by atoms with Gasteiger partial charge < -0.3 is 29.9 Å². The first-order valence-electron chi connectivity index (χ1n) is 7.54. The Labute approximate surface area is 120 Å². The number of hydrogen-bond acceptors (Lipinski definition) is 6. The van der Waals surface area contributed by atoms with E-state index in [0.717, 1.165) is 12.8 Å². The van der Waals surface area contributed by atoms with Crippen molar-refractivity contribution < 1.29 is 29.9 Å². The number of aliphatic hydroxyl groups is 4. The van der Waals surface area contributed by atoms with Crippen molar-refractivity contribution in [3.8, 4) is 0 Å². The van der Waals surface area contributed by atoms with Gasteiger partial charge >= 0.3 is 0 Å². The van der Waals surface area contributed by atoms with Gasteiger partial charge in [0.15, 0.2) is 6.29 Å². The minimum absolute atomic E-state index is 0.447. The zero-order valence-electron chi connectivity index (χ0n) is 12.1. The van der Waals surface area contributed by atoms with Crippen LogP contribution < -0.4 is 0 Å². The molecule has 20 heavy (non-hydrogen) atoms. The van der Waals surface area contributed by atoms with Gasteiger partial charge in [0.05, 0.1) is 6.61 Å². The van der Waals surface area contributed by atoms with Gasteiger partial charge in [0, 0.05) is 6.61 Å². The van der Waals surface area contributed by atoms with Crippen LogP contribution in [0, 0.1) is 0 Å². The third-order valence-electron chi connectivity index (χ3n) is 3.60. The Morgan fingerprint density at radius 1 is 1.05 bits per heavy atom. The van der Waals surface area contributed by atoms with Crippen molar-refractivity contribution >= 4 is 0 Å². The van der Waals surface area contributed by atoms with Gasteiger partial charge in [-0.2, -0.15) is 0 Å². The Balaban J connectivity index is 2.17. The van der Waals surface area contributed by atoms with Gasteiger partial charge in [-0.05, 0) is 6.42 Å². The van der Waals surface area contributed by atoms with Crippen LogP contribution in [0.4, 0.5) is 0 Å². The van der Waals surface area contributed by atoms with Crippen LogP contribution in [0.15, 0.2) is 0 Å². The fourth-order valence-electron chi connectivity index (χ4n) is 2.31. The number of aliphatic hydroxyl groups excluding tert-OH is 4. The van der Waals surface area contributed by atoms with Gasteiger partial charge in [-0.25, -0.2) is 0 Å². The Bertz CT molecular complexity index is 250. The van der Waals surface area contributed by atoms with Gasteiger partial charge in [0.1, 0.15) is 24.4 Å². The second kappa shape index (κ2) is 9.65. The molecular formula is C14H28O6. The van der Waals surface area contributed by atoms with Crippen LogP contribution >= 0.6 is 0 Å². The molecule has 0 saturated carbocycles. The SMILES string of the molecule is CCCCCCCCO[C@@H]1O[C@@H]([C@H](O)CO)[C@@H](O)[C@H]1O. The maximum atomic E-state index is 9.75. The molecule has 1 aliphatic rings. The largest absolute Gasteiger partial charge is 0.394 e. The molecule has 0 aliphatic carbocycles. The number of ether oxygens (including phenoxy) is 2. The highest BCUT2D eigenvalue weighted by Gasteiger charge is 2.46. The van der Waals surface area contributed by atoms with Gasteiger partial charge in [0.2, 0.25) is 0 Å². The molecule has 120 valence electrons. The molecule has 0 aromatic heterocycles. The average molecular weight is 292 g/mol. The van der Waals surface area contributed by atoms with E-state index >= 15 is 0 Å². The standard InChI is InChI=1S/C14H28O6/c1-2-3-4-5-6-7-8-19-14-12(18)11(17)13(20-14)10(16)9-15/h10-18H,2-9H2,1H3/t10-,11+,12-,13+,14-/m1/s1. The Hall–Kier alpha value is -0.240. The minimum Gasteiger partial charge on any atom is -0.394 e. The monoisotopic (exact) mass is 292 g/mol. The smallest absolute Gasteiger partial charge is 0.186 e. The van der Waals surface area contributed by atoms with Crippen LogP contribution in [-0.2, 0) is 9.47 Å². The fourth-order valence-corrected chi connectivity index (χ4v) is 2.31. The van der Waals surface area contributed by atoms with Crippen LogP contribution in [0.3, 0.4) is 0 Å². The maximum Gasteiger partial charge on any atom is 0.186 e. The fraction of sp³-hybridized carbons (Fsp3) is 1.00. The van der Waals surface area contributed by atoms with Crippen molar-refractivity contribution in [2.24, 2.45) is 0 Å². The molecule has 0 amide bonds. The highest BCUT2D eigenvalue weighted by Crippen LogP contribution is 2.24. The quantitative estimate of drug-likeness (QED) is 0.428. The Morgan fingerprint density at radius 2 is 1.70 bits per heavy atom. The summed E-state index contributed by atoms with van der Waals surface area (Å²) in [5, 5.41) is 37.7. The van der Waals surface area contributed by atoms with E-state index in [4.69, 9.17) is 14.6 Å². The van der Waals surface area contributed by atoms with Crippen molar-refractivity contribution in [3.63, 3.8) is 0 Å². The van der Waals surface area contributed by atoms with Gasteiger partial charge in [-0.3, -0.25) is 0 Å². The second-order valence-corrected chi connectivity index (χ2v) is 5.34. The van der Waals surface area contributed by atoms with Crippen LogP contribution in [0.25, 0.3) is 0 Å². The molecule has 0 unspecified atom stereocenters. The summed E-state index contributed by atoms with van der Waals surface area (Å²) in [5.41, 5.74) is 0. The molecule has 0 radical (unpaired) electrons. The summed E-state index contributed by atoms with van der Waals surface area (Å²) < 4.78 is 10.6. The van der Waals surface area contributed by atoms with Crippen molar-refractivity contribution in [1.29, 1.82) is 0 Å². The third kappa shape index (κ3) is 5.27. The molecule has 0 bridgehead atoms. The van der Waals surface area contributed by atoms with Crippen molar-refractivity contribution in [3.05, 3.63) is 0 Å². The number of unbranched alkanes of at least 4 members (excludes halogenated alkanes) is 5. The van der Waals surface area contributed by atoms with Crippen LogP contribution in [0.5, 0.6) is 0 Å². The van der Waals surface area contributed by atoms with Crippen LogP contribution in [0.1, 0.15) is 45.4 Å². The molecular weight excluding hydrogens is 264 g/mol. The average Bonchev–Trinajstić information content (AvgIpc) is 2.74. The molecule has 0 aromatic rings. The van der Waals surface area contributed by atoms with E-state index in [0.29, 0.717) is 6.61 Å². The molecule has 5 atom stereocenters. The van der Waals surface area contributed by atoms with Crippen molar-refractivity contribution in [2.45, 2.75) is 76.2 Å². The number of hydrogen-bond donors (Lipinski definition) is 4. The highest BCUT2D eigenvalue weighted by atomic mass is 16.7. The van der Waals surface area contributed by atoms with E-state index in [2.05, 4.69) is 6.92 Å². The Morgan fingerprint density at radius 3 is 2.35 bits per heavy atom. The van der Waals surface area contributed by atoms with Gasteiger partial charge in [-0.15, -0.1) is 0 Å². The lowest BCUT2D eigenvalue weighted by Gasteiger charge is -2.18. The molecule has 6 nitrogen and oxygen atoms in total. The van der Waals surface area contributed by atoms with Crippen molar-refractivity contribution in [1.82, 2.24) is 0 Å². The van der Waals surface area contributed by atoms with E-state index in [9.17, 15) is 15.3 Å². The summed E-state index contributed by atoms with van der Waals surface area (Å²) in [6, 6.07) is 0. The van der Waals surface area contributed by atoms with E-state index in [1.54, 1.807) is 0 Å². The lowest BCUT2D eigenvalue weighted by atomic mass is 10.1. The molecule has 1 rings (SSSR count). The first-order valence-corrected chi connectivity index (χ1v) is 7.54. The third-order valence-corrected chi connectivity index (χ3v) is 3.60. The summed E-state index contributed by atoms with van der Waals surface area (Å²) in [6.45, 7) is 2.09. The molecule has 1 fully saturated rings.